The summed E-state index contributed by atoms with van der Waals surface area (Å²) in [5.41, 5.74) is 0. The number of hydrogen-bond acceptors (Lipinski definition) is 2. The van der Waals surface area contributed by atoms with Crippen molar-refractivity contribution in [2.75, 3.05) is 0 Å². The normalized spacial score (nSPS) is 11.3. The number of hydrogen-bond donors (Lipinski definition) is 2. The van der Waals surface area contributed by atoms with E-state index in [4.69, 9.17) is 15.8 Å². The predicted octanol–water partition coefficient (Wildman–Crippen LogP) is 0.335. The molecular formula is C3H7ClO2Sn. The summed E-state index contributed by atoms with van der Waals surface area (Å²) in [4.78, 5) is 0. The Hall–Kier alpha value is 0.749. The van der Waals surface area contributed by atoms with Crippen LogP contribution in [0.15, 0.2) is 12.7 Å². The quantitative estimate of drug-likeness (QED) is 0.529. The first-order valence-electron chi connectivity index (χ1n) is 1.81. The van der Waals surface area contributed by atoms with Crippen molar-refractivity contribution in [2.24, 2.45) is 0 Å². The molecule has 0 atom stereocenters. The van der Waals surface area contributed by atoms with Crippen LogP contribution >= 0.6 is 8.92 Å². The molecule has 0 saturated carbocycles. The second-order valence-electron chi connectivity index (χ2n) is 1.21. The fourth-order valence-corrected chi connectivity index (χ4v) is 1.96. The summed E-state index contributed by atoms with van der Waals surface area (Å²) in [6.45, 7) is 3.29. The third kappa shape index (κ3) is 6.75. The molecular weight excluding hydrogens is 222 g/mol. The summed E-state index contributed by atoms with van der Waals surface area (Å²) in [6, 6.07) is 0. The Morgan fingerprint density at radius 3 is 2.14 bits per heavy atom. The molecule has 0 radical (unpaired) electrons. The maximum absolute atomic E-state index is 8.48. The molecule has 0 aliphatic heterocycles. The van der Waals surface area contributed by atoms with E-state index in [0.717, 1.165) is 0 Å². The fourth-order valence-electron chi connectivity index (χ4n) is 0.184. The molecule has 0 aromatic carbocycles. The zero-order chi connectivity index (χ0) is 5.91. The van der Waals surface area contributed by atoms with Crippen molar-refractivity contribution < 1.29 is 6.89 Å². The topological polar surface area (TPSA) is 40.5 Å². The second kappa shape index (κ2) is 2.91. The molecule has 4 heteroatoms. The van der Waals surface area contributed by atoms with E-state index in [1.54, 1.807) is 0 Å². The van der Waals surface area contributed by atoms with Crippen molar-refractivity contribution in [1.29, 1.82) is 0 Å². The molecule has 0 heterocycles. The Morgan fingerprint density at radius 2 is 2.14 bits per heavy atom. The SMILES string of the molecule is C=C[CH2][Sn]([OH])([OH])[Cl]. The van der Waals surface area contributed by atoms with E-state index in [1.807, 2.05) is 0 Å². The minimum atomic E-state index is -3.92. The van der Waals surface area contributed by atoms with Gasteiger partial charge in [-0.2, -0.15) is 0 Å². The summed E-state index contributed by atoms with van der Waals surface area (Å²) in [5.74, 6) is 0. The van der Waals surface area contributed by atoms with Gasteiger partial charge in [0.1, 0.15) is 0 Å². The van der Waals surface area contributed by atoms with Crippen molar-refractivity contribution in [3.8, 4) is 0 Å². The van der Waals surface area contributed by atoms with Crippen molar-refractivity contribution in [1.82, 2.24) is 0 Å². The fraction of sp³-hybridized carbons (Fsp3) is 0.333. The molecule has 0 aliphatic carbocycles. The van der Waals surface area contributed by atoms with E-state index < -0.39 is 18.1 Å². The van der Waals surface area contributed by atoms with Crippen LogP contribution in [0.3, 0.4) is 0 Å². The molecule has 7 heavy (non-hydrogen) atoms. The molecule has 0 unspecified atom stereocenters. The molecule has 0 bridgehead atoms. The molecule has 0 saturated heterocycles. The van der Waals surface area contributed by atoms with E-state index in [0.29, 0.717) is 0 Å². The summed E-state index contributed by atoms with van der Waals surface area (Å²) in [7, 11) is 5.08. The van der Waals surface area contributed by atoms with Crippen LogP contribution in [0, 0.1) is 0 Å². The Labute approximate surface area is 51.1 Å². The van der Waals surface area contributed by atoms with E-state index in [9.17, 15) is 0 Å². The van der Waals surface area contributed by atoms with Crippen LogP contribution in [0.5, 0.6) is 0 Å². The van der Waals surface area contributed by atoms with Gasteiger partial charge in [0, 0.05) is 0 Å². The van der Waals surface area contributed by atoms with Gasteiger partial charge in [-0.05, 0) is 0 Å². The van der Waals surface area contributed by atoms with Crippen LogP contribution in [-0.2, 0) is 0 Å². The van der Waals surface area contributed by atoms with Gasteiger partial charge in [0.25, 0.3) is 0 Å². The van der Waals surface area contributed by atoms with Crippen molar-refractivity contribution in [2.45, 2.75) is 4.44 Å². The molecule has 0 rings (SSSR count). The van der Waals surface area contributed by atoms with Gasteiger partial charge < -0.3 is 0 Å². The molecule has 0 amide bonds. The van der Waals surface area contributed by atoms with Gasteiger partial charge in [-0.3, -0.25) is 0 Å². The summed E-state index contributed by atoms with van der Waals surface area (Å²) < 4.78 is 17.1. The monoisotopic (exact) mass is 230 g/mol. The Bertz CT molecular complexity index is 67.8. The van der Waals surface area contributed by atoms with Crippen LogP contribution in [0.2, 0.25) is 4.44 Å². The first kappa shape index (κ1) is 7.75. The second-order valence-corrected chi connectivity index (χ2v) is 10.5. The average Bonchev–Trinajstić information content (AvgIpc) is 1.30. The van der Waals surface area contributed by atoms with Crippen molar-refractivity contribution >= 4 is 27.0 Å². The first-order valence-corrected chi connectivity index (χ1v) is 9.99. The maximum atomic E-state index is 8.48. The van der Waals surface area contributed by atoms with Gasteiger partial charge in [-0.1, -0.05) is 0 Å². The standard InChI is InChI=1S/C3H5.ClH.2H2O.Sn/c1-3-2;;;;/h3H,1-2H2;1H;2*1H2;/q;;;;+3/p-3. The van der Waals surface area contributed by atoms with Gasteiger partial charge in [-0.25, -0.2) is 0 Å². The third-order valence-corrected chi connectivity index (χ3v) is 3.75. The van der Waals surface area contributed by atoms with Crippen molar-refractivity contribution in [3.05, 3.63) is 12.7 Å². The van der Waals surface area contributed by atoms with Crippen LogP contribution in [-0.4, -0.2) is 25.0 Å². The summed E-state index contributed by atoms with van der Waals surface area (Å²) in [5, 5.41) is 0. The van der Waals surface area contributed by atoms with Gasteiger partial charge in [-0.15, -0.1) is 0 Å². The summed E-state index contributed by atoms with van der Waals surface area (Å²) >= 11 is -3.92. The molecule has 0 aliphatic rings. The molecule has 0 aromatic rings. The predicted molar refractivity (Wildman–Crippen MR) is 31.0 cm³/mol. The molecule has 0 spiro atoms. The molecule has 2 N–H and O–H groups in total. The summed E-state index contributed by atoms with van der Waals surface area (Å²) in [6.07, 6.45) is 1.42. The van der Waals surface area contributed by atoms with Gasteiger partial charge in [0.2, 0.25) is 0 Å². The third-order valence-electron chi connectivity index (χ3n) is 0.404. The Balaban J connectivity index is 3.34. The first-order chi connectivity index (χ1) is 3.06. The van der Waals surface area contributed by atoms with Crippen LogP contribution in [0.1, 0.15) is 0 Å². The van der Waals surface area contributed by atoms with E-state index in [2.05, 4.69) is 6.58 Å². The van der Waals surface area contributed by atoms with Gasteiger partial charge in [0.05, 0.1) is 0 Å². The molecule has 2 nitrogen and oxygen atoms in total. The van der Waals surface area contributed by atoms with E-state index in [-0.39, 0.29) is 4.44 Å². The van der Waals surface area contributed by atoms with Gasteiger partial charge in [0.15, 0.2) is 0 Å². The van der Waals surface area contributed by atoms with Gasteiger partial charge >= 0.3 is 51.0 Å². The minimum absolute atomic E-state index is 0.191. The molecule has 0 fully saturated rings. The number of halogens is 1. The zero-order valence-electron chi connectivity index (χ0n) is 3.76. The Kier molecular flexibility index (Phi) is 3.23. The Morgan fingerprint density at radius 1 is 1.71 bits per heavy atom. The van der Waals surface area contributed by atoms with Crippen LogP contribution in [0.25, 0.3) is 0 Å². The van der Waals surface area contributed by atoms with E-state index >= 15 is 0 Å². The van der Waals surface area contributed by atoms with Crippen molar-refractivity contribution in [3.63, 3.8) is 0 Å². The van der Waals surface area contributed by atoms with E-state index in [1.165, 1.54) is 6.08 Å². The zero-order valence-corrected chi connectivity index (χ0v) is 7.37. The number of rotatable bonds is 2. The molecule has 0 aromatic heterocycles. The number of allylic oxidation sites excluding steroid dienone is 1. The average molecular weight is 229 g/mol. The van der Waals surface area contributed by atoms with Crippen LogP contribution in [0.4, 0.5) is 0 Å². The molecule has 42 valence electrons. The van der Waals surface area contributed by atoms with Crippen LogP contribution < -0.4 is 0 Å².